The van der Waals surface area contributed by atoms with Crippen LogP contribution in [-0.2, 0) is 16.1 Å². The first-order valence-corrected chi connectivity index (χ1v) is 11.1. The van der Waals surface area contributed by atoms with Crippen molar-refractivity contribution in [3.05, 3.63) is 29.3 Å². The van der Waals surface area contributed by atoms with E-state index in [2.05, 4.69) is 22.0 Å². The highest BCUT2D eigenvalue weighted by Gasteiger charge is 2.27. The Morgan fingerprint density at radius 3 is 2.52 bits per heavy atom. The number of amides is 1. The van der Waals surface area contributed by atoms with E-state index in [1.807, 2.05) is 40.7 Å². The second-order valence-corrected chi connectivity index (χ2v) is 8.72. The van der Waals surface area contributed by atoms with Gasteiger partial charge in [-0.1, -0.05) is 30.3 Å². The number of carbonyl (C=O) groups excluding carboxylic acids is 1. The topological polar surface area (TPSA) is 63.5 Å². The zero-order chi connectivity index (χ0) is 20.8. The average Bonchev–Trinajstić information content (AvgIpc) is 3.14. The molecule has 0 bridgehead atoms. The Morgan fingerprint density at radius 1 is 1.21 bits per heavy atom. The Bertz CT molecular complexity index is 806. The van der Waals surface area contributed by atoms with E-state index in [1.54, 1.807) is 7.11 Å². The minimum Gasteiger partial charge on any atom is -0.383 e. The lowest BCUT2D eigenvalue weighted by molar-refractivity contribution is -0.132. The van der Waals surface area contributed by atoms with Crippen molar-refractivity contribution >= 4 is 29.3 Å². The van der Waals surface area contributed by atoms with Crippen LogP contribution in [0.3, 0.4) is 0 Å². The smallest absolute Gasteiger partial charge is 0.235 e. The van der Waals surface area contributed by atoms with E-state index in [4.69, 9.17) is 16.3 Å². The molecule has 1 atom stereocenters. The minimum absolute atomic E-state index is 0.153. The van der Waals surface area contributed by atoms with Crippen LogP contribution in [0.25, 0.3) is 11.4 Å². The van der Waals surface area contributed by atoms with Gasteiger partial charge in [-0.15, -0.1) is 10.2 Å². The van der Waals surface area contributed by atoms with Gasteiger partial charge < -0.3 is 14.5 Å². The third-order valence-corrected chi connectivity index (χ3v) is 6.42. The molecule has 0 spiro atoms. The SMILES string of the molecule is CCN1CCN(C(=O)C(C)Sc2nnc(-c3ccc(Cl)cc3)n2CCOC)CC1. The van der Waals surface area contributed by atoms with Crippen molar-refractivity contribution in [3.8, 4) is 11.4 Å². The van der Waals surface area contributed by atoms with Gasteiger partial charge >= 0.3 is 0 Å². The van der Waals surface area contributed by atoms with Crippen molar-refractivity contribution in [3.63, 3.8) is 0 Å². The molecule has 29 heavy (non-hydrogen) atoms. The number of carbonyl (C=O) groups is 1. The number of methoxy groups -OCH3 is 1. The molecule has 1 unspecified atom stereocenters. The van der Waals surface area contributed by atoms with Crippen molar-refractivity contribution in [2.75, 3.05) is 46.4 Å². The summed E-state index contributed by atoms with van der Waals surface area (Å²) in [5.41, 5.74) is 0.930. The van der Waals surface area contributed by atoms with Crippen molar-refractivity contribution in [1.29, 1.82) is 0 Å². The van der Waals surface area contributed by atoms with Crippen LogP contribution in [0.5, 0.6) is 0 Å². The van der Waals surface area contributed by atoms with E-state index in [0.717, 1.165) is 49.3 Å². The summed E-state index contributed by atoms with van der Waals surface area (Å²) in [6, 6.07) is 7.51. The lowest BCUT2D eigenvalue weighted by atomic mass is 10.2. The van der Waals surface area contributed by atoms with Gasteiger partial charge in [0.25, 0.3) is 0 Å². The Kier molecular flexibility index (Phi) is 7.94. The molecule has 1 aliphatic rings. The van der Waals surface area contributed by atoms with Crippen molar-refractivity contribution in [1.82, 2.24) is 24.6 Å². The number of thioether (sulfide) groups is 1. The number of rotatable bonds is 8. The highest BCUT2D eigenvalue weighted by molar-refractivity contribution is 8.00. The second-order valence-electron chi connectivity index (χ2n) is 6.98. The quantitative estimate of drug-likeness (QED) is 0.592. The van der Waals surface area contributed by atoms with Gasteiger partial charge in [0, 0.05) is 43.9 Å². The van der Waals surface area contributed by atoms with Gasteiger partial charge in [0.15, 0.2) is 11.0 Å². The summed E-state index contributed by atoms with van der Waals surface area (Å²) in [4.78, 5) is 17.2. The first kappa shape index (κ1) is 22.1. The number of aromatic nitrogens is 3. The summed E-state index contributed by atoms with van der Waals surface area (Å²) in [7, 11) is 1.67. The summed E-state index contributed by atoms with van der Waals surface area (Å²) in [6.45, 7) is 9.70. The maximum Gasteiger partial charge on any atom is 0.235 e. The van der Waals surface area contributed by atoms with Crippen molar-refractivity contribution in [2.24, 2.45) is 0 Å². The molecule has 0 aliphatic carbocycles. The maximum absolute atomic E-state index is 12.9. The summed E-state index contributed by atoms with van der Waals surface area (Å²) in [5.74, 6) is 0.900. The molecule has 1 aromatic heterocycles. The zero-order valence-electron chi connectivity index (χ0n) is 17.2. The summed E-state index contributed by atoms with van der Waals surface area (Å²) in [5, 5.41) is 9.91. The number of hydrogen-bond donors (Lipinski definition) is 0. The monoisotopic (exact) mass is 437 g/mol. The Hall–Kier alpha value is -1.61. The van der Waals surface area contributed by atoms with Crippen LogP contribution in [0.1, 0.15) is 13.8 Å². The molecule has 2 heterocycles. The molecule has 3 rings (SSSR count). The fourth-order valence-electron chi connectivity index (χ4n) is 3.32. The van der Waals surface area contributed by atoms with E-state index in [-0.39, 0.29) is 11.2 Å². The molecule has 1 fully saturated rings. The van der Waals surface area contributed by atoms with Crippen molar-refractivity contribution < 1.29 is 9.53 Å². The van der Waals surface area contributed by atoms with Gasteiger partial charge in [0.1, 0.15) is 0 Å². The predicted octanol–water partition coefficient (Wildman–Crippen LogP) is 2.89. The number of nitrogens with zero attached hydrogens (tertiary/aromatic N) is 5. The number of halogens is 1. The Morgan fingerprint density at radius 2 is 1.90 bits per heavy atom. The van der Waals surface area contributed by atoms with Gasteiger partial charge in [0.2, 0.25) is 5.91 Å². The minimum atomic E-state index is -0.230. The van der Waals surface area contributed by atoms with Crippen LogP contribution < -0.4 is 0 Å². The van der Waals surface area contributed by atoms with Gasteiger partial charge in [0.05, 0.1) is 18.4 Å². The molecule has 0 N–H and O–H groups in total. The summed E-state index contributed by atoms with van der Waals surface area (Å²) in [6.07, 6.45) is 0. The lowest BCUT2D eigenvalue weighted by Crippen LogP contribution is -2.50. The van der Waals surface area contributed by atoms with Crippen molar-refractivity contribution in [2.45, 2.75) is 30.8 Å². The van der Waals surface area contributed by atoms with Gasteiger partial charge in [-0.3, -0.25) is 9.36 Å². The standard InChI is InChI=1S/C20H28ClN5O2S/c1-4-24-9-11-25(12-10-24)19(27)15(2)29-20-23-22-18(26(20)13-14-28-3)16-5-7-17(21)8-6-16/h5-8,15H,4,9-14H2,1-3H3. The summed E-state index contributed by atoms with van der Waals surface area (Å²) < 4.78 is 7.27. The van der Waals surface area contributed by atoms with Gasteiger partial charge in [-0.05, 0) is 37.7 Å². The number of benzene rings is 1. The average molecular weight is 438 g/mol. The highest BCUT2D eigenvalue weighted by Crippen LogP contribution is 2.28. The van der Waals surface area contributed by atoms with Crippen LogP contribution in [0, 0.1) is 0 Å². The molecule has 1 aliphatic heterocycles. The van der Waals surface area contributed by atoms with Gasteiger partial charge in [-0.25, -0.2) is 0 Å². The Balaban J connectivity index is 1.74. The fraction of sp³-hybridized carbons (Fsp3) is 0.550. The molecule has 158 valence electrons. The molecular formula is C20H28ClN5O2S. The van der Waals surface area contributed by atoms with Crippen LogP contribution in [0.2, 0.25) is 5.02 Å². The molecule has 7 nitrogen and oxygen atoms in total. The van der Waals surface area contributed by atoms with Crippen LogP contribution in [0.15, 0.2) is 29.4 Å². The first-order valence-electron chi connectivity index (χ1n) is 9.89. The van der Waals surface area contributed by atoms with Gasteiger partial charge in [-0.2, -0.15) is 0 Å². The molecule has 0 saturated carbocycles. The number of likely N-dealkylation sites (N-methyl/N-ethyl adjacent to an activating group) is 1. The maximum atomic E-state index is 12.9. The summed E-state index contributed by atoms with van der Waals surface area (Å²) >= 11 is 7.46. The zero-order valence-corrected chi connectivity index (χ0v) is 18.7. The second kappa shape index (κ2) is 10.4. The van der Waals surface area contributed by atoms with E-state index >= 15 is 0 Å². The first-order chi connectivity index (χ1) is 14.0. The number of hydrogen-bond acceptors (Lipinski definition) is 6. The normalized spacial score (nSPS) is 16.2. The van der Waals surface area contributed by atoms with Crippen LogP contribution >= 0.6 is 23.4 Å². The van der Waals surface area contributed by atoms with Crippen LogP contribution in [0.4, 0.5) is 0 Å². The van der Waals surface area contributed by atoms with E-state index in [0.29, 0.717) is 18.2 Å². The van der Waals surface area contributed by atoms with Crippen LogP contribution in [-0.4, -0.2) is 82.2 Å². The third kappa shape index (κ3) is 5.51. The fourth-order valence-corrected chi connectivity index (χ4v) is 4.41. The number of piperazine rings is 1. The third-order valence-electron chi connectivity index (χ3n) is 5.10. The van der Waals surface area contributed by atoms with E-state index in [9.17, 15) is 4.79 Å². The molecule has 9 heteroatoms. The predicted molar refractivity (Wildman–Crippen MR) is 116 cm³/mol. The molecule has 1 saturated heterocycles. The largest absolute Gasteiger partial charge is 0.383 e. The molecular weight excluding hydrogens is 410 g/mol. The van der Waals surface area contributed by atoms with E-state index < -0.39 is 0 Å². The highest BCUT2D eigenvalue weighted by atomic mass is 35.5. The molecule has 1 amide bonds. The number of ether oxygens (including phenoxy) is 1. The molecule has 1 aromatic carbocycles. The molecule has 2 aromatic rings. The lowest BCUT2D eigenvalue weighted by Gasteiger charge is -2.35. The van der Waals surface area contributed by atoms with E-state index in [1.165, 1.54) is 11.8 Å². The molecule has 0 radical (unpaired) electrons. The Labute approximate surface area is 181 Å².